The van der Waals surface area contributed by atoms with Crippen molar-refractivity contribution >= 4 is 6.08 Å². The fourth-order valence-corrected chi connectivity index (χ4v) is 1.56. The first-order valence-corrected chi connectivity index (χ1v) is 5.05. The van der Waals surface area contributed by atoms with Crippen LogP contribution in [0.3, 0.4) is 0 Å². The maximum Gasteiger partial charge on any atom is 0.262 e. The van der Waals surface area contributed by atoms with Crippen molar-refractivity contribution in [3.05, 3.63) is 27.6 Å². The molecule has 6 nitrogen and oxygen atoms in total. The molecule has 1 aliphatic heterocycles. The third kappa shape index (κ3) is 2.00. The smallest absolute Gasteiger partial charge is 0.262 e. The van der Waals surface area contributed by atoms with Gasteiger partial charge in [-0.2, -0.15) is 4.98 Å². The van der Waals surface area contributed by atoms with Crippen LogP contribution in [-0.4, -0.2) is 30.2 Å². The van der Waals surface area contributed by atoms with Crippen molar-refractivity contribution in [2.24, 2.45) is 0 Å². The fraction of sp³-hybridized carbons (Fsp3) is 0.400. The van der Waals surface area contributed by atoms with E-state index < -0.39 is 0 Å². The van der Waals surface area contributed by atoms with Crippen LogP contribution in [0.2, 0.25) is 0 Å². The van der Waals surface area contributed by atoms with Gasteiger partial charge in [-0.3, -0.25) is 4.79 Å². The summed E-state index contributed by atoms with van der Waals surface area (Å²) >= 11 is 0. The zero-order valence-corrected chi connectivity index (χ0v) is 9.26. The first kappa shape index (κ1) is 10.5. The second-order valence-electron chi connectivity index (χ2n) is 3.49. The molecule has 86 valence electrons. The average molecular weight is 222 g/mol. The van der Waals surface area contributed by atoms with Crippen LogP contribution in [0.15, 0.2) is 10.6 Å². The number of hydrogen-bond donors (Lipinski definition) is 3. The Labute approximate surface area is 92.7 Å². The molecule has 0 aliphatic carbocycles. The van der Waals surface area contributed by atoms with E-state index >= 15 is 0 Å². The molecule has 1 saturated heterocycles. The van der Waals surface area contributed by atoms with Crippen LogP contribution >= 0.6 is 0 Å². The molecule has 1 aliphatic rings. The van der Waals surface area contributed by atoms with E-state index in [4.69, 9.17) is 4.74 Å². The Bertz CT molecular complexity index is 470. The van der Waals surface area contributed by atoms with Crippen molar-refractivity contribution < 1.29 is 4.74 Å². The molecular formula is C10H14N4O2. The van der Waals surface area contributed by atoms with Gasteiger partial charge in [0.15, 0.2) is 0 Å². The molecule has 2 heterocycles. The molecule has 0 saturated carbocycles. The fourth-order valence-electron chi connectivity index (χ4n) is 1.56. The summed E-state index contributed by atoms with van der Waals surface area (Å²) in [7, 11) is 1.50. The lowest BCUT2D eigenvalue weighted by Crippen LogP contribution is -2.17. The normalized spacial score (nSPS) is 14.2. The van der Waals surface area contributed by atoms with Crippen molar-refractivity contribution in [1.29, 1.82) is 0 Å². The van der Waals surface area contributed by atoms with Crippen LogP contribution in [0, 0.1) is 6.92 Å². The second-order valence-corrected chi connectivity index (χ2v) is 3.49. The number of nitrogens with one attached hydrogen (secondary N) is 3. The number of rotatable bonds is 2. The summed E-state index contributed by atoms with van der Waals surface area (Å²) in [4.78, 5) is 18.5. The van der Waals surface area contributed by atoms with E-state index in [2.05, 4.69) is 20.6 Å². The van der Waals surface area contributed by atoms with E-state index in [1.165, 1.54) is 7.11 Å². The maximum atomic E-state index is 11.7. The number of aromatic amines is 1. The third-order valence-electron chi connectivity index (χ3n) is 2.28. The second kappa shape index (κ2) is 4.26. The molecule has 2 rings (SSSR count). The Kier molecular flexibility index (Phi) is 2.80. The zero-order chi connectivity index (χ0) is 11.5. The first-order chi connectivity index (χ1) is 7.70. The summed E-state index contributed by atoms with van der Waals surface area (Å²) in [6.07, 6.45) is 1.71. The van der Waals surface area contributed by atoms with E-state index in [9.17, 15) is 4.79 Å². The summed E-state index contributed by atoms with van der Waals surface area (Å²) < 4.78 is 5.09. The van der Waals surface area contributed by atoms with E-state index in [0.717, 1.165) is 18.9 Å². The SMILES string of the molecule is COc1nc(C)[nH]c(=O)c1C=C1NCCN1. The van der Waals surface area contributed by atoms with Crippen LogP contribution in [0.5, 0.6) is 5.88 Å². The molecule has 0 aromatic carbocycles. The molecule has 0 bridgehead atoms. The molecule has 1 fully saturated rings. The molecule has 1 aromatic rings. The first-order valence-electron chi connectivity index (χ1n) is 5.05. The lowest BCUT2D eigenvalue weighted by Gasteiger charge is -2.05. The Morgan fingerprint density at radius 3 is 2.69 bits per heavy atom. The van der Waals surface area contributed by atoms with Gasteiger partial charge in [0.05, 0.1) is 12.9 Å². The molecule has 1 aromatic heterocycles. The van der Waals surface area contributed by atoms with E-state index in [1.54, 1.807) is 13.0 Å². The summed E-state index contributed by atoms with van der Waals surface area (Å²) in [6, 6.07) is 0. The number of H-pyrrole nitrogens is 1. The van der Waals surface area contributed by atoms with Gasteiger partial charge in [-0.25, -0.2) is 0 Å². The lowest BCUT2D eigenvalue weighted by molar-refractivity contribution is 0.393. The van der Waals surface area contributed by atoms with Crippen molar-refractivity contribution in [3.63, 3.8) is 0 Å². The number of methoxy groups -OCH3 is 1. The zero-order valence-electron chi connectivity index (χ0n) is 9.26. The highest BCUT2D eigenvalue weighted by Crippen LogP contribution is 2.13. The highest BCUT2D eigenvalue weighted by Gasteiger charge is 2.11. The third-order valence-corrected chi connectivity index (χ3v) is 2.28. The Morgan fingerprint density at radius 2 is 2.06 bits per heavy atom. The Morgan fingerprint density at radius 1 is 1.38 bits per heavy atom. The minimum Gasteiger partial charge on any atom is -0.480 e. The molecule has 0 radical (unpaired) electrons. The number of ether oxygens (including phenoxy) is 1. The summed E-state index contributed by atoms with van der Waals surface area (Å²) in [6.45, 7) is 3.42. The van der Waals surface area contributed by atoms with Gasteiger partial charge in [0.25, 0.3) is 5.56 Å². The number of nitrogens with zero attached hydrogens (tertiary/aromatic N) is 1. The predicted octanol–water partition coefficient (Wildman–Crippen LogP) is -0.422. The van der Waals surface area contributed by atoms with Gasteiger partial charge in [-0.15, -0.1) is 0 Å². The summed E-state index contributed by atoms with van der Waals surface area (Å²) in [5.74, 6) is 1.69. The number of aromatic nitrogens is 2. The molecular weight excluding hydrogens is 208 g/mol. The van der Waals surface area contributed by atoms with Crippen LogP contribution in [0.25, 0.3) is 6.08 Å². The number of hydrogen-bond acceptors (Lipinski definition) is 5. The lowest BCUT2D eigenvalue weighted by atomic mass is 10.3. The largest absolute Gasteiger partial charge is 0.480 e. The minimum atomic E-state index is -0.202. The van der Waals surface area contributed by atoms with Gasteiger partial charge in [0.1, 0.15) is 11.4 Å². The van der Waals surface area contributed by atoms with Crippen molar-refractivity contribution in [3.8, 4) is 5.88 Å². The Balaban J connectivity index is 2.46. The maximum absolute atomic E-state index is 11.7. The van der Waals surface area contributed by atoms with Crippen molar-refractivity contribution in [2.45, 2.75) is 6.92 Å². The Hall–Kier alpha value is -1.98. The van der Waals surface area contributed by atoms with Gasteiger partial charge >= 0.3 is 0 Å². The van der Waals surface area contributed by atoms with Crippen LogP contribution in [-0.2, 0) is 0 Å². The quantitative estimate of drug-likeness (QED) is 0.633. The van der Waals surface area contributed by atoms with E-state index in [0.29, 0.717) is 17.3 Å². The molecule has 0 amide bonds. The topological polar surface area (TPSA) is 79.0 Å². The highest BCUT2D eigenvalue weighted by atomic mass is 16.5. The monoisotopic (exact) mass is 222 g/mol. The molecule has 16 heavy (non-hydrogen) atoms. The van der Waals surface area contributed by atoms with Crippen molar-refractivity contribution in [2.75, 3.05) is 20.2 Å². The summed E-state index contributed by atoms with van der Waals surface area (Å²) in [5.41, 5.74) is 0.220. The van der Waals surface area contributed by atoms with Crippen LogP contribution in [0.4, 0.5) is 0 Å². The van der Waals surface area contributed by atoms with Gasteiger partial charge < -0.3 is 20.4 Å². The van der Waals surface area contributed by atoms with Gasteiger partial charge in [-0.05, 0) is 13.0 Å². The van der Waals surface area contributed by atoms with Gasteiger partial charge in [-0.1, -0.05) is 0 Å². The standard InChI is InChI=1S/C10H14N4O2/c1-6-13-9(15)7(10(14-6)16-2)5-8-11-3-4-12-8/h5,11-12H,3-4H2,1-2H3,(H,13,14,15). The van der Waals surface area contributed by atoms with E-state index in [-0.39, 0.29) is 5.56 Å². The van der Waals surface area contributed by atoms with Gasteiger partial charge in [0.2, 0.25) is 5.88 Å². The van der Waals surface area contributed by atoms with Crippen LogP contribution in [0.1, 0.15) is 11.4 Å². The highest BCUT2D eigenvalue weighted by molar-refractivity contribution is 5.56. The molecule has 0 unspecified atom stereocenters. The minimum absolute atomic E-state index is 0.202. The van der Waals surface area contributed by atoms with Crippen LogP contribution < -0.4 is 20.9 Å². The van der Waals surface area contributed by atoms with Gasteiger partial charge in [0, 0.05) is 13.1 Å². The van der Waals surface area contributed by atoms with Crippen molar-refractivity contribution in [1.82, 2.24) is 20.6 Å². The van der Waals surface area contributed by atoms with E-state index in [1.807, 2.05) is 0 Å². The molecule has 3 N–H and O–H groups in total. The molecule has 6 heteroatoms. The average Bonchev–Trinajstić information content (AvgIpc) is 2.74. The molecule has 0 atom stereocenters. The predicted molar refractivity (Wildman–Crippen MR) is 60.1 cm³/mol. The summed E-state index contributed by atoms with van der Waals surface area (Å²) in [5, 5.41) is 6.22. The molecule has 0 spiro atoms. The number of aryl methyl sites for hydroxylation is 1.